The molecular formula is C29H34N4O2. The normalized spacial score (nSPS) is 13.6. The molecule has 6 heteroatoms. The number of carbonyl (C=O) groups is 2. The third kappa shape index (κ3) is 6.41. The zero-order chi connectivity index (χ0) is 24.8. The summed E-state index contributed by atoms with van der Waals surface area (Å²) in [6, 6.07) is 23.5. The van der Waals surface area contributed by atoms with Gasteiger partial charge in [-0.15, -0.1) is 0 Å². The molecule has 0 unspecified atom stereocenters. The topological polar surface area (TPSA) is 64.7 Å². The minimum atomic E-state index is -0.268. The van der Waals surface area contributed by atoms with Crippen LogP contribution in [0.4, 0.5) is 21.9 Å². The van der Waals surface area contributed by atoms with Crippen molar-refractivity contribution in [3.05, 3.63) is 89.5 Å². The lowest BCUT2D eigenvalue weighted by atomic mass is 10.0. The quantitative estimate of drug-likeness (QED) is 0.489. The zero-order valence-corrected chi connectivity index (χ0v) is 20.8. The Morgan fingerprint density at radius 2 is 1.37 bits per heavy atom. The van der Waals surface area contributed by atoms with E-state index in [0.717, 1.165) is 41.3 Å². The molecule has 0 spiro atoms. The number of aryl methyl sites for hydroxylation is 1. The third-order valence-electron chi connectivity index (χ3n) is 6.56. The predicted molar refractivity (Wildman–Crippen MR) is 143 cm³/mol. The number of carbonyl (C=O) groups excluding carboxylic acids is 2. The fraction of sp³-hybridized carbons (Fsp3) is 0.310. The first-order valence-electron chi connectivity index (χ1n) is 12.2. The molecule has 3 amide bonds. The van der Waals surface area contributed by atoms with Crippen molar-refractivity contribution in [3.63, 3.8) is 0 Å². The van der Waals surface area contributed by atoms with Crippen LogP contribution in [0.3, 0.4) is 0 Å². The summed E-state index contributed by atoms with van der Waals surface area (Å²) in [5, 5.41) is 5.76. The van der Waals surface area contributed by atoms with Crippen LogP contribution in [0.2, 0.25) is 0 Å². The first kappa shape index (κ1) is 24.3. The van der Waals surface area contributed by atoms with E-state index in [4.69, 9.17) is 0 Å². The van der Waals surface area contributed by atoms with Crippen LogP contribution in [-0.2, 0) is 11.2 Å². The van der Waals surface area contributed by atoms with Crippen molar-refractivity contribution in [2.75, 3.05) is 41.7 Å². The van der Waals surface area contributed by atoms with Crippen LogP contribution in [0.1, 0.15) is 36.5 Å². The monoisotopic (exact) mass is 470 g/mol. The van der Waals surface area contributed by atoms with Crippen molar-refractivity contribution >= 4 is 29.0 Å². The lowest BCUT2D eigenvalue weighted by Gasteiger charge is -2.36. The smallest absolute Gasteiger partial charge is 0.323 e. The molecule has 1 heterocycles. The SMILES string of the molecule is Cc1ccccc1CC(=O)N1CCN(c2ccc(NC(=O)Nc3ccc(C(C)C)cc3)cc2)CC1. The summed E-state index contributed by atoms with van der Waals surface area (Å²) in [6.45, 7) is 9.34. The Bertz CT molecular complexity index is 1150. The standard InChI is InChI=1S/C29H34N4O2/c1-21(2)23-8-10-25(11-9-23)30-29(35)31-26-12-14-27(15-13-26)32-16-18-33(19-17-32)28(34)20-24-7-5-4-6-22(24)3/h4-15,21H,16-20H2,1-3H3,(H2,30,31,35). The molecule has 0 aliphatic carbocycles. The average Bonchev–Trinajstić information content (AvgIpc) is 2.86. The number of anilines is 3. The van der Waals surface area contributed by atoms with E-state index < -0.39 is 0 Å². The Kier molecular flexibility index (Phi) is 7.70. The van der Waals surface area contributed by atoms with Gasteiger partial charge in [0.1, 0.15) is 0 Å². The lowest BCUT2D eigenvalue weighted by molar-refractivity contribution is -0.130. The molecule has 35 heavy (non-hydrogen) atoms. The molecule has 0 bridgehead atoms. The number of amides is 3. The van der Waals surface area contributed by atoms with E-state index in [1.165, 1.54) is 5.56 Å². The molecule has 2 N–H and O–H groups in total. The zero-order valence-electron chi connectivity index (χ0n) is 20.8. The molecule has 0 aromatic heterocycles. The van der Waals surface area contributed by atoms with Crippen LogP contribution < -0.4 is 15.5 Å². The average molecular weight is 471 g/mol. The number of hydrogen-bond acceptors (Lipinski definition) is 3. The van der Waals surface area contributed by atoms with Gasteiger partial charge in [-0.3, -0.25) is 4.79 Å². The second-order valence-electron chi connectivity index (χ2n) is 9.37. The summed E-state index contributed by atoms with van der Waals surface area (Å²) in [5.41, 5.74) is 6.08. The van der Waals surface area contributed by atoms with Gasteiger partial charge >= 0.3 is 6.03 Å². The van der Waals surface area contributed by atoms with Gasteiger partial charge in [-0.05, 0) is 65.9 Å². The first-order valence-corrected chi connectivity index (χ1v) is 12.2. The maximum Gasteiger partial charge on any atom is 0.323 e. The Balaban J connectivity index is 1.25. The summed E-state index contributed by atoms with van der Waals surface area (Å²) in [6.07, 6.45) is 0.455. The van der Waals surface area contributed by atoms with Crippen LogP contribution in [0, 0.1) is 6.92 Å². The van der Waals surface area contributed by atoms with Gasteiger partial charge in [0.05, 0.1) is 6.42 Å². The summed E-state index contributed by atoms with van der Waals surface area (Å²) in [4.78, 5) is 29.3. The number of hydrogen-bond donors (Lipinski definition) is 2. The minimum Gasteiger partial charge on any atom is -0.368 e. The predicted octanol–water partition coefficient (Wildman–Crippen LogP) is 5.65. The number of piperazine rings is 1. The second kappa shape index (κ2) is 11.1. The maximum atomic E-state index is 12.7. The third-order valence-corrected chi connectivity index (χ3v) is 6.56. The summed E-state index contributed by atoms with van der Waals surface area (Å²) in [5.74, 6) is 0.641. The molecule has 182 valence electrons. The Morgan fingerprint density at radius 3 is 1.94 bits per heavy atom. The van der Waals surface area contributed by atoms with E-state index in [1.54, 1.807) is 0 Å². The number of benzene rings is 3. The van der Waals surface area contributed by atoms with Gasteiger partial charge < -0.3 is 20.4 Å². The molecule has 1 aliphatic rings. The van der Waals surface area contributed by atoms with Gasteiger partial charge in [0.15, 0.2) is 0 Å². The molecule has 1 fully saturated rings. The fourth-order valence-corrected chi connectivity index (χ4v) is 4.30. The molecular weight excluding hydrogens is 436 g/mol. The Morgan fingerprint density at radius 1 is 0.800 bits per heavy atom. The van der Waals surface area contributed by atoms with Crippen LogP contribution in [-0.4, -0.2) is 43.0 Å². The van der Waals surface area contributed by atoms with Crippen molar-refractivity contribution in [1.82, 2.24) is 4.90 Å². The lowest BCUT2D eigenvalue weighted by Crippen LogP contribution is -2.49. The minimum absolute atomic E-state index is 0.184. The maximum absolute atomic E-state index is 12.7. The molecule has 1 aliphatic heterocycles. The molecule has 3 aromatic carbocycles. The molecule has 1 saturated heterocycles. The van der Waals surface area contributed by atoms with Gasteiger partial charge in [0.2, 0.25) is 5.91 Å². The highest BCUT2D eigenvalue weighted by Crippen LogP contribution is 2.21. The van der Waals surface area contributed by atoms with Crippen molar-refractivity contribution < 1.29 is 9.59 Å². The fourth-order valence-electron chi connectivity index (χ4n) is 4.30. The summed E-state index contributed by atoms with van der Waals surface area (Å²) in [7, 11) is 0. The van der Waals surface area contributed by atoms with Crippen molar-refractivity contribution in [2.24, 2.45) is 0 Å². The van der Waals surface area contributed by atoms with Gasteiger partial charge in [0.25, 0.3) is 0 Å². The van der Waals surface area contributed by atoms with E-state index in [0.29, 0.717) is 25.4 Å². The molecule has 3 aromatic rings. The summed E-state index contributed by atoms with van der Waals surface area (Å²) >= 11 is 0. The number of rotatable bonds is 6. The highest BCUT2D eigenvalue weighted by Gasteiger charge is 2.21. The van der Waals surface area contributed by atoms with E-state index >= 15 is 0 Å². The molecule has 6 nitrogen and oxygen atoms in total. The van der Waals surface area contributed by atoms with Gasteiger partial charge in [0, 0.05) is 43.2 Å². The largest absolute Gasteiger partial charge is 0.368 e. The van der Waals surface area contributed by atoms with Crippen LogP contribution in [0.25, 0.3) is 0 Å². The van der Waals surface area contributed by atoms with Crippen LogP contribution in [0.5, 0.6) is 0 Å². The molecule has 0 atom stereocenters. The van der Waals surface area contributed by atoms with E-state index in [1.807, 2.05) is 84.6 Å². The number of nitrogens with one attached hydrogen (secondary N) is 2. The van der Waals surface area contributed by atoms with E-state index in [2.05, 4.69) is 29.4 Å². The van der Waals surface area contributed by atoms with Crippen LogP contribution >= 0.6 is 0 Å². The van der Waals surface area contributed by atoms with Gasteiger partial charge in [-0.25, -0.2) is 4.79 Å². The summed E-state index contributed by atoms with van der Waals surface area (Å²) < 4.78 is 0. The molecule has 0 saturated carbocycles. The number of urea groups is 1. The molecule has 4 rings (SSSR count). The van der Waals surface area contributed by atoms with Crippen LogP contribution in [0.15, 0.2) is 72.8 Å². The van der Waals surface area contributed by atoms with E-state index in [-0.39, 0.29) is 11.9 Å². The molecule has 0 radical (unpaired) electrons. The van der Waals surface area contributed by atoms with Crippen molar-refractivity contribution in [3.8, 4) is 0 Å². The van der Waals surface area contributed by atoms with Crippen molar-refractivity contribution in [2.45, 2.75) is 33.1 Å². The van der Waals surface area contributed by atoms with E-state index in [9.17, 15) is 9.59 Å². The first-order chi connectivity index (χ1) is 16.9. The van der Waals surface area contributed by atoms with Gasteiger partial charge in [-0.2, -0.15) is 0 Å². The highest BCUT2D eigenvalue weighted by molar-refractivity contribution is 5.99. The Hall–Kier alpha value is -3.80. The number of nitrogens with zero attached hydrogens (tertiary/aromatic N) is 2. The highest BCUT2D eigenvalue weighted by atomic mass is 16.2. The second-order valence-corrected chi connectivity index (χ2v) is 9.37. The Labute approximate surface area is 207 Å². The van der Waals surface area contributed by atoms with Crippen molar-refractivity contribution in [1.29, 1.82) is 0 Å². The van der Waals surface area contributed by atoms with Gasteiger partial charge in [-0.1, -0.05) is 50.2 Å².